The zero-order valence-electron chi connectivity index (χ0n) is 10.6. The predicted molar refractivity (Wildman–Crippen MR) is 76.7 cm³/mol. The van der Waals surface area contributed by atoms with Crippen molar-refractivity contribution in [3.8, 4) is 0 Å². The molecular formula is C13H17BrF2NSi. The molecule has 1 heterocycles. The van der Waals surface area contributed by atoms with E-state index in [1.165, 1.54) is 18.2 Å². The fraction of sp³-hybridized carbons (Fsp3) is 0.538. The first-order chi connectivity index (χ1) is 8.58. The van der Waals surface area contributed by atoms with Gasteiger partial charge in [0.2, 0.25) is 0 Å². The highest BCUT2D eigenvalue weighted by Crippen LogP contribution is 2.36. The largest absolute Gasteiger partial charge is 0.385 e. The monoisotopic (exact) mass is 332 g/mol. The highest BCUT2D eigenvalue weighted by Gasteiger charge is 2.28. The van der Waals surface area contributed by atoms with E-state index in [9.17, 15) is 8.78 Å². The summed E-state index contributed by atoms with van der Waals surface area (Å²) in [4.78, 5) is 0. The molecule has 1 radical (unpaired) electrons. The number of halogens is 3. The van der Waals surface area contributed by atoms with Crippen molar-refractivity contribution >= 4 is 30.4 Å². The first kappa shape index (κ1) is 14.0. The van der Waals surface area contributed by atoms with Crippen molar-refractivity contribution in [3.05, 3.63) is 27.7 Å². The molecule has 1 aliphatic rings. The summed E-state index contributed by atoms with van der Waals surface area (Å²) in [5.74, 6) is -0.968. The Morgan fingerprint density at radius 3 is 2.67 bits per heavy atom. The number of hydrogen-bond acceptors (Lipinski definition) is 1. The van der Waals surface area contributed by atoms with Gasteiger partial charge >= 0.3 is 0 Å². The van der Waals surface area contributed by atoms with Crippen LogP contribution in [-0.4, -0.2) is 15.3 Å². The molecule has 0 fully saturated rings. The topological polar surface area (TPSA) is 12.0 Å². The third-order valence-corrected chi connectivity index (χ3v) is 7.84. The first-order valence-electron chi connectivity index (χ1n) is 6.33. The van der Waals surface area contributed by atoms with E-state index < -0.39 is 20.4 Å². The molecule has 5 heteroatoms. The standard InChI is InChI=1S/C13H17BrF2NSi/c1-3-18(4-2)8-5-9-11(17-7-8)6-10(15)12(14)13(9)16/h6,8,17H,3-5,7H2,1-2H3/t8-/m1/s1. The number of fused-ring (bicyclic) bond motifs is 1. The summed E-state index contributed by atoms with van der Waals surface area (Å²) in [6.07, 6.45) is 0.739. The zero-order valence-corrected chi connectivity index (χ0v) is 13.2. The molecule has 1 aromatic carbocycles. The molecule has 0 saturated carbocycles. The summed E-state index contributed by atoms with van der Waals surface area (Å²) in [6, 6.07) is 3.79. The molecule has 99 valence electrons. The SMILES string of the molecule is CC[Si](CC)[C@H]1CNc2cc(F)c(Br)c(F)c2C1. The molecule has 0 amide bonds. The minimum absolute atomic E-state index is 0.0366. The van der Waals surface area contributed by atoms with Gasteiger partial charge in [0, 0.05) is 17.8 Å². The van der Waals surface area contributed by atoms with Crippen LogP contribution in [0, 0.1) is 11.6 Å². The number of rotatable bonds is 3. The Morgan fingerprint density at radius 2 is 2.06 bits per heavy atom. The van der Waals surface area contributed by atoms with Crippen LogP contribution in [0.3, 0.4) is 0 Å². The quantitative estimate of drug-likeness (QED) is 0.630. The Morgan fingerprint density at radius 1 is 1.39 bits per heavy atom. The lowest BCUT2D eigenvalue weighted by Gasteiger charge is -2.31. The molecule has 0 aromatic heterocycles. The van der Waals surface area contributed by atoms with Gasteiger partial charge in [-0.25, -0.2) is 8.78 Å². The van der Waals surface area contributed by atoms with E-state index in [0.29, 0.717) is 16.8 Å². The van der Waals surface area contributed by atoms with Crippen molar-refractivity contribution in [2.24, 2.45) is 0 Å². The van der Waals surface area contributed by atoms with Gasteiger partial charge in [-0.1, -0.05) is 25.9 Å². The number of anilines is 1. The van der Waals surface area contributed by atoms with Crippen LogP contribution in [0.25, 0.3) is 0 Å². The molecule has 0 saturated heterocycles. The summed E-state index contributed by atoms with van der Waals surface area (Å²) in [7, 11) is -0.443. The van der Waals surface area contributed by atoms with Gasteiger partial charge in [0.15, 0.2) is 0 Å². The van der Waals surface area contributed by atoms with Crippen LogP contribution in [0.5, 0.6) is 0 Å². The molecule has 0 unspecified atom stereocenters. The molecule has 2 rings (SSSR count). The summed E-state index contributed by atoms with van der Waals surface area (Å²) >= 11 is 2.98. The van der Waals surface area contributed by atoms with Gasteiger partial charge in [-0.05, 0) is 34.0 Å². The van der Waals surface area contributed by atoms with Crippen molar-refractivity contribution in [2.75, 3.05) is 11.9 Å². The Labute approximate surface area is 117 Å². The van der Waals surface area contributed by atoms with E-state index in [1.807, 2.05) is 0 Å². The molecule has 0 bridgehead atoms. The summed E-state index contributed by atoms with van der Waals surface area (Å²) in [5.41, 5.74) is 1.80. The van der Waals surface area contributed by atoms with E-state index in [2.05, 4.69) is 35.1 Å². The van der Waals surface area contributed by atoms with Gasteiger partial charge in [-0.15, -0.1) is 0 Å². The molecule has 18 heavy (non-hydrogen) atoms. The van der Waals surface area contributed by atoms with Crippen molar-refractivity contribution < 1.29 is 8.78 Å². The van der Waals surface area contributed by atoms with Gasteiger partial charge in [0.1, 0.15) is 11.6 Å². The number of nitrogens with one attached hydrogen (secondary N) is 1. The summed E-state index contributed by atoms with van der Waals surface area (Å²) in [6.45, 7) is 5.28. The molecule has 1 aromatic rings. The van der Waals surface area contributed by atoms with Crippen molar-refractivity contribution in [3.63, 3.8) is 0 Å². The van der Waals surface area contributed by atoms with Crippen LogP contribution >= 0.6 is 15.9 Å². The lowest BCUT2D eigenvalue weighted by atomic mass is 10.0. The van der Waals surface area contributed by atoms with Gasteiger partial charge < -0.3 is 5.32 Å². The van der Waals surface area contributed by atoms with E-state index >= 15 is 0 Å². The fourth-order valence-electron chi connectivity index (χ4n) is 2.66. The maximum absolute atomic E-state index is 14.1. The second kappa shape index (κ2) is 5.69. The van der Waals surface area contributed by atoms with Crippen LogP contribution in [0.1, 0.15) is 19.4 Å². The van der Waals surface area contributed by atoms with Crippen LogP contribution in [-0.2, 0) is 6.42 Å². The lowest BCUT2D eigenvalue weighted by Crippen LogP contribution is -2.31. The van der Waals surface area contributed by atoms with Gasteiger partial charge in [-0.3, -0.25) is 0 Å². The van der Waals surface area contributed by atoms with E-state index in [0.717, 1.165) is 13.0 Å². The van der Waals surface area contributed by atoms with Crippen LogP contribution in [0.2, 0.25) is 17.6 Å². The lowest BCUT2D eigenvalue weighted by molar-refractivity contribution is 0.555. The molecule has 0 spiro atoms. The Hall–Kier alpha value is -0.423. The molecule has 1 aliphatic heterocycles. The highest BCUT2D eigenvalue weighted by molar-refractivity contribution is 9.10. The van der Waals surface area contributed by atoms with Gasteiger partial charge in [-0.2, -0.15) is 0 Å². The predicted octanol–water partition coefficient (Wildman–Crippen LogP) is 4.60. The average molecular weight is 333 g/mol. The second-order valence-electron chi connectivity index (χ2n) is 4.66. The van der Waals surface area contributed by atoms with Crippen molar-refractivity contribution in [1.29, 1.82) is 0 Å². The van der Waals surface area contributed by atoms with Gasteiger partial charge in [0.25, 0.3) is 0 Å². The normalized spacial score (nSPS) is 18.7. The molecule has 1 atom stereocenters. The Bertz CT molecular complexity index is 449. The highest BCUT2D eigenvalue weighted by atomic mass is 79.9. The Kier molecular flexibility index (Phi) is 4.43. The molecule has 1 nitrogen and oxygen atoms in total. The summed E-state index contributed by atoms with van der Waals surface area (Å²) < 4.78 is 27.5. The molecular weight excluding hydrogens is 316 g/mol. The van der Waals surface area contributed by atoms with Crippen molar-refractivity contribution in [1.82, 2.24) is 0 Å². The zero-order chi connectivity index (χ0) is 13.3. The van der Waals surface area contributed by atoms with Crippen LogP contribution in [0.15, 0.2) is 10.5 Å². The second-order valence-corrected chi connectivity index (χ2v) is 9.00. The van der Waals surface area contributed by atoms with E-state index in [1.54, 1.807) is 0 Å². The summed E-state index contributed by atoms with van der Waals surface area (Å²) in [5, 5.41) is 3.20. The number of benzene rings is 1. The Balaban J connectivity index is 2.31. The minimum Gasteiger partial charge on any atom is -0.385 e. The maximum Gasteiger partial charge on any atom is 0.145 e. The third-order valence-electron chi connectivity index (χ3n) is 3.74. The van der Waals surface area contributed by atoms with E-state index in [-0.39, 0.29) is 4.47 Å². The molecule has 1 N–H and O–H groups in total. The van der Waals surface area contributed by atoms with Gasteiger partial charge in [0.05, 0.1) is 13.3 Å². The number of hydrogen-bond donors (Lipinski definition) is 1. The molecule has 0 aliphatic carbocycles. The van der Waals surface area contributed by atoms with Crippen LogP contribution in [0.4, 0.5) is 14.5 Å². The van der Waals surface area contributed by atoms with Crippen LogP contribution < -0.4 is 5.32 Å². The van der Waals surface area contributed by atoms with Crippen molar-refractivity contribution in [2.45, 2.75) is 37.9 Å². The minimum atomic E-state index is -0.534. The smallest absolute Gasteiger partial charge is 0.145 e. The third kappa shape index (κ3) is 2.47. The van der Waals surface area contributed by atoms with E-state index in [4.69, 9.17) is 0 Å². The fourth-order valence-corrected chi connectivity index (χ4v) is 5.55. The maximum atomic E-state index is 14.1. The average Bonchev–Trinajstić information content (AvgIpc) is 2.38. The first-order valence-corrected chi connectivity index (χ1v) is 9.11.